The maximum atomic E-state index is 14.2. The Morgan fingerprint density at radius 3 is 2.47 bits per heavy atom. The zero-order chi connectivity index (χ0) is 21.9. The van der Waals surface area contributed by atoms with Gasteiger partial charge in [0.1, 0.15) is 17.3 Å². The lowest BCUT2D eigenvalue weighted by atomic mass is 10.0. The second kappa shape index (κ2) is 8.87. The average Bonchev–Trinajstić information content (AvgIpc) is 2.71. The van der Waals surface area contributed by atoms with Gasteiger partial charge in [0.25, 0.3) is 0 Å². The minimum absolute atomic E-state index is 0.0632. The highest BCUT2D eigenvalue weighted by Gasteiger charge is 2.23. The van der Waals surface area contributed by atoms with Gasteiger partial charge in [-0.1, -0.05) is 6.92 Å². The van der Waals surface area contributed by atoms with E-state index < -0.39 is 21.5 Å². The number of sulfone groups is 1. The van der Waals surface area contributed by atoms with Crippen LogP contribution in [0.3, 0.4) is 0 Å². The highest BCUT2D eigenvalue weighted by atomic mass is 32.2. The van der Waals surface area contributed by atoms with Gasteiger partial charge in [0.05, 0.1) is 17.3 Å². The van der Waals surface area contributed by atoms with Crippen molar-refractivity contribution in [3.05, 3.63) is 71.6 Å². The van der Waals surface area contributed by atoms with Gasteiger partial charge in [0, 0.05) is 37.0 Å². The van der Waals surface area contributed by atoms with Gasteiger partial charge in [-0.15, -0.1) is 0 Å². The van der Waals surface area contributed by atoms with E-state index in [0.717, 1.165) is 12.1 Å². The molecule has 2 aromatic carbocycles. The van der Waals surface area contributed by atoms with E-state index in [1.54, 1.807) is 6.92 Å². The Bertz CT molecular complexity index is 1110. The Morgan fingerprint density at radius 1 is 1.07 bits per heavy atom. The third-order valence-electron chi connectivity index (χ3n) is 4.57. The Kier molecular flexibility index (Phi) is 6.45. The summed E-state index contributed by atoms with van der Waals surface area (Å²) in [5.41, 5.74) is 1.04. The van der Waals surface area contributed by atoms with E-state index in [2.05, 4.69) is 0 Å². The quantitative estimate of drug-likeness (QED) is 0.628. The number of nitrogens with zero attached hydrogens (tertiary/aromatic N) is 1. The number of hydrogen-bond donors (Lipinski definition) is 0. The van der Waals surface area contributed by atoms with Gasteiger partial charge in [0.15, 0.2) is 21.4 Å². The van der Waals surface area contributed by atoms with Crippen molar-refractivity contribution in [1.29, 1.82) is 0 Å². The van der Waals surface area contributed by atoms with Crippen LogP contribution in [0.15, 0.2) is 59.3 Å². The fourth-order valence-electron chi connectivity index (χ4n) is 3.01. The third kappa shape index (κ3) is 4.64. The minimum Gasteiger partial charge on any atom is -0.493 e. The molecule has 1 aliphatic heterocycles. The highest BCUT2D eigenvalue weighted by Crippen LogP contribution is 2.38. The van der Waals surface area contributed by atoms with Crippen molar-refractivity contribution in [2.24, 2.45) is 0 Å². The molecule has 0 saturated heterocycles. The number of hydrogen-bond acceptors (Lipinski definition) is 5. The number of benzene rings is 2. The number of rotatable bonds is 7. The monoisotopic (exact) mass is 435 g/mol. The Labute approximate surface area is 175 Å². The lowest BCUT2D eigenvalue weighted by Crippen LogP contribution is -2.18. The van der Waals surface area contributed by atoms with Crippen LogP contribution < -0.4 is 4.74 Å². The fraction of sp³-hybridized carbons (Fsp3) is 0.273. The van der Waals surface area contributed by atoms with Gasteiger partial charge in [-0.25, -0.2) is 17.2 Å². The molecule has 1 aliphatic rings. The van der Waals surface area contributed by atoms with Crippen LogP contribution in [0.1, 0.15) is 19.4 Å². The first-order chi connectivity index (χ1) is 14.2. The van der Waals surface area contributed by atoms with Crippen molar-refractivity contribution < 1.29 is 26.7 Å². The first-order valence-corrected chi connectivity index (χ1v) is 11.2. The summed E-state index contributed by atoms with van der Waals surface area (Å²) in [5.74, 6) is -1.01. The second-order valence-corrected chi connectivity index (χ2v) is 9.00. The minimum atomic E-state index is -3.49. The van der Waals surface area contributed by atoms with E-state index >= 15 is 0 Å². The lowest BCUT2D eigenvalue weighted by Gasteiger charge is -2.25. The van der Waals surface area contributed by atoms with Crippen LogP contribution in [0.2, 0.25) is 0 Å². The zero-order valence-corrected chi connectivity index (χ0v) is 17.8. The van der Waals surface area contributed by atoms with Crippen LogP contribution in [-0.4, -0.2) is 39.3 Å². The molecule has 0 amide bonds. The molecule has 0 spiro atoms. The molecule has 0 fully saturated rings. The van der Waals surface area contributed by atoms with Crippen molar-refractivity contribution >= 4 is 15.4 Å². The van der Waals surface area contributed by atoms with E-state index in [4.69, 9.17) is 9.47 Å². The van der Waals surface area contributed by atoms with Gasteiger partial charge in [0.2, 0.25) is 0 Å². The van der Waals surface area contributed by atoms with Crippen LogP contribution in [0, 0.1) is 11.6 Å². The molecule has 8 heteroatoms. The van der Waals surface area contributed by atoms with Gasteiger partial charge in [-0.2, -0.15) is 0 Å². The summed E-state index contributed by atoms with van der Waals surface area (Å²) in [6.45, 7) is 4.45. The summed E-state index contributed by atoms with van der Waals surface area (Å²) >= 11 is 0. The molecule has 2 aromatic rings. The summed E-state index contributed by atoms with van der Waals surface area (Å²) in [6, 6.07) is 7.38. The normalized spacial score (nSPS) is 14.2. The van der Waals surface area contributed by atoms with Gasteiger partial charge in [-0.05, 0) is 43.3 Å². The molecule has 1 heterocycles. The molecule has 0 atom stereocenters. The molecule has 5 nitrogen and oxygen atoms in total. The Morgan fingerprint density at radius 2 is 1.80 bits per heavy atom. The van der Waals surface area contributed by atoms with Gasteiger partial charge < -0.3 is 14.4 Å². The summed E-state index contributed by atoms with van der Waals surface area (Å²) in [4.78, 5) is 2.03. The molecule has 0 aliphatic carbocycles. The standard InChI is InChI=1S/C22H23F2NO4S/c1-4-28-20-10-11-25(3)14-18(20)17-13-16(30(26,27)5-2)7-9-21(17)29-22-8-6-15(23)12-19(22)24/h6-10,12-14H,4-5,11H2,1-3H3. The van der Waals surface area contributed by atoms with Crippen molar-refractivity contribution in [3.63, 3.8) is 0 Å². The molecule has 0 radical (unpaired) electrons. The van der Waals surface area contributed by atoms with Crippen LogP contribution in [0.5, 0.6) is 11.5 Å². The second-order valence-electron chi connectivity index (χ2n) is 6.72. The first-order valence-electron chi connectivity index (χ1n) is 9.50. The van der Waals surface area contributed by atoms with Crippen LogP contribution >= 0.6 is 0 Å². The predicted molar refractivity (Wildman–Crippen MR) is 111 cm³/mol. The Balaban J connectivity index is 2.16. The van der Waals surface area contributed by atoms with Crippen molar-refractivity contribution in [2.45, 2.75) is 18.7 Å². The van der Waals surface area contributed by atoms with E-state index in [-0.39, 0.29) is 22.1 Å². The Hall–Kier alpha value is -2.87. The van der Waals surface area contributed by atoms with Gasteiger partial charge >= 0.3 is 0 Å². The molecule has 0 bridgehead atoms. The van der Waals surface area contributed by atoms with E-state index in [1.807, 2.05) is 31.1 Å². The maximum Gasteiger partial charge on any atom is 0.178 e. The molecular weight excluding hydrogens is 412 g/mol. The predicted octanol–water partition coefficient (Wildman–Crippen LogP) is 4.76. The maximum absolute atomic E-state index is 14.2. The van der Waals surface area contributed by atoms with Crippen molar-refractivity contribution in [1.82, 2.24) is 4.90 Å². The topological polar surface area (TPSA) is 55.8 Å². The van der Waals surface area contributed by atoms with E-state index in [9.17, 15) is 17.2 Å². The smallest absolute Gasteiger partial charge is 0.178 e. The summed E-state index contributed by atoms with van der Waals surface area (Å²) < 4.78 is 63.8. The van der Waals surface area contributed by atoms with Crippen LogP contribution in [0.4, 0.5) is 8.78 Å². The molecule has 0 saturated carbocycles. The number of halogens is 2. The summed E-state index contributed by atoms with van der Waals surface area (Å²) in [7, 11) is -1.62. The van der Waals surface area contributed by atoms with Crippen LogP contribution in [0.25, 0.3) is 5.57 Å². The van der Waals surface area contributed by atoms with Crippen molar-refractivity contribution in [2.75, 3.05) is 26.0 Å². The molecule has 3 rings (SSSR count). The number of likely N-dealkylation sites (N-methyl/N-ethyl adjacent to an activating group) is 1. The molecule has 0 N–H and O–H groups in total. The SMILES string of the molecule is CCOC1=CCN(C)C=C1c1cc(S(=O)(=O)CC)ccc1Oc1ccc(F)cc1F. The summed E-state index contributed by atoms with van der Waals surface area (Å²) in [6.07, 6.45) is 3.69. The largest absolute Gasteiger partial charge is 0.493 e. The average molecular weight is 435 g/mol. The van der Waals surface area contributed by atoms with Crippen molar-refractivity contribution in [3.8, 4) is 11.5 Å². The van der Waals surface area contributed by atoms with Gasteiger partial charge in [-0.3, -0.25) is 0 Å². The molecule has 0 unspecified atom stereocenters. The zero-order valence-electron chi connectivity index (χ0n) is 17.0. The van der Waals surface area contributed by atoms with Crippen LogP contribution in [-0.2, 0) is 14.6 Å². The molecule has 160 valence electrons. The molecule has 0 aromatic heterocycles. The fourth-order valence-corrected chi connectivity index (χ4v) is 3.92. The molecule has 30 heavy (non-hydrogen) atoms. The summed E-state index contributed by atoms with van der Waals surface area (Å²) in [5, 5.41) is 0. The molecular formula is C22H23F2NO4S. The van der Waals surface area contributed by atoms with E-state index in [0.29, 0.717) is 30.0 Å². The number of allylic oxidation sites excluding steroid dienone is 1. The number of ether oxygens (including phenoxy) is 2. The highest BCUT2D eigenvalue weighted by molar-refractivity contribution is 7.91. The van der Waals surface area contributed by atoms with E-state index in [1.165, 1.54) is 24.3 Å². The first kappa shape index (κ1) is 21.8. The third-order valence-corrected chi connectivity index (χ3v) is 6.31. The lowest BCUT2D eigenvalue weighted by molar-refractivity contribution is 0.240.